The lowest BCUT2D eigenvalue weighted by Gasteiger charge is -2.30. The largest absolute Gasteiger partial charge is 0.375 e. The molecule has 0 radical (unpaired) electrons. The number of amides is 2. The zero-order valence-electron chi connectivity index (χ0n) is 18.2. The first-order chi connectivity index (χ1) is 12.5. The number of ether oxygens (including phenoxy) is 2. The van der Waals surface area contributed by atoms with E-state index in [4.69, 9.17) is 9.47 Å². The Morgan fingerprint density at radius 1 is 0.889 bits per heavy atom. The van der Waals surface area contributed by atoms with Crippen molar-refractivity contribution < 1.29 is 19.1 Å². The number of carbonyl (C=O) groups is 2. The van der Waals surface area contributed by atoms with Gasteiger partial charge in [-0.2, -0.15) is 0 Å². The van der Waals surface area contributed by atoms with Crippen molar-refractivity contribution in [1.82, 2.24) is 10.6 Å². The van der Waals surface area contributed by atoms with Crippen LogP contribution in [0, 0.1) is 0 Å². The van der Waals surface area contributed by atoms with Crippen molar-refractivity contribution in [3.8, 4) is 0 Å². The predicted molar refractivity (Wildman–Crippen MR) is 110 cm³/mol. The van der Waals surface area contributed by atoms with Crippen LogP contribution < -0.4 is 10.6 Å². The van der Waals surface area contributed by atoms with Crippen LogP contribution in [0.25, 0.3) is 0 Å². The summed E-state index contributed by atoms with van der Waals surface area (Å²) in [6.45, 7) is 17.9. The van der Waals surface area contributed by atoms with Gasteiger partial charge in [0.1, 0.15) is 0 Å². The molecule has 0 fully saturated rings. The standard InChI is InChI=1S/C21H40N2O4/c1-8-18(24)22-14-10-15-26-21(6,7)12-16-27-20(4,5)11-9-13-23-19(25)17(2)3/h2,8-16H2,1,3-7H3,(H,22,24)(H,23,25). The number of carbonyl (C=O) groups excluding carboxylic acids is 2. The quantitative estimate of drug-likeness (QED) is 0.335. The Bertz CT molecular complexity index is 473. The summed E-state index contributed by atoms with van der Waals surface area (Å²) in [5.41, 5.74) is 0.0230. The van der Waals surface area contributed by atoms with Crippen LogP contribution in [0.3, 0.4) is 0 Å². The first-order valence-corrected chi connectivity index (χ1v) is 9.97. The smallest absolute Gasteiger partial charge is 0.246 e. The third-order valence-electron chi connectivity index (χ3n) is 4.28. The van der Waals surface area contributed by atoms with E-state index in [1.54, 1.807) is 6.92 Å². The maximum absolute atomic E-state index is 11.4. The molecule has 0 aliphatic rings. The van der Waals surface area contributed by atoms with Gasteiger partial charge in [-0.15, -0.1) is 0 Å². The first kappa shape index (κ1) is 25.6. The Morgan fingerprint density at radius 3 is 2.04 bits per heavy atom. The number of hydrogen-bond acceptors (Lipinski definition) is 4. The maximum Gasteiger partial charge on any atom is 0.246 e. The Hall–Kier alpha value is -1.40. The molecular formula is C21H40N2O4. The van der Waals surface area contributed by atoms with Crippen molar-refractivity contribution in [3.05, 3.63) is 12.2 Å². The maximum atomic E-state index is 11.4. The Kier molecular flexibility index (Phi) is 12.2. The van der Waals surface area contributed by atoms with E-state index in [0.717, 1.165) is 25.7 Å². The van der Waals surface area contributed by atoms with Gasteiger partial charge in [0.05, 0.1) is 17.8 Å². The fourth-order valence-corrected chi connectivity index (χ4v) is 2.36. The highest BCUT2D eigenvalue weighted by Gasteiger charge is 2.22. The van der Waals surface area contributed by atoms with Crippen LogP contribution in [0.15, 0.2) is 12.2 Å². The second-order valence-electron chi connectivity index (χ2n) is 8.16. The molecule has 6 nitrogen and oxygen atoms in total. The molecule has 0 bridgehead atoms. The zero-order chi connectivity index (χ0) is 20.9. The molecule has 0 saturated heterocycles. The molecule has 0 rings (SSSR count). The first-order valence-electron chi connectivity index (χ1n) is 9.97. The van der Waals surface area contributed by atoms with Gasteiger partial charge in [0.2, 0.25) is 11.8 Å². The lowest BCUT2D eigenvalue weighted by Crippen LogP contribution is -2.32. The molecule has 158 valence electrons. The predicted octanol–water partition coefficient (Wildman–Crippen LogP) is 3.36. The summed E-state index contributed by atoms with van der Waals surface area (Å²) in [4.78, 5) is 22.6. The summed E-state index contributed by atoms with van der Waals surface area (Å²) in [6, 6.07) is 0. The minimum atomic E-state index is -0.264. The average molecular weight is 385 g/mol. The summed E-state index contributed by atoms with van der Waals surface area (Å²) in [5, 5.41) is 5.68. The zero-order valence-corrected chi connectivity index (χ0v) is 18.2. The molecule has 0 heterocycles. The second-order valence-corrected chi connectivity index (χ2v) is 8.16. The van der Waals surface area contributed by atoms with Crippen LogP contribution in [-0.2, 0) is 19.1 Å². The van der Waals surface area contributed by atoms with Gasteiger partial charge in [0.15, 0.2) is 0 Å². The molecular weight excluding hydrogens is 344 g/mol. The molecule has 0 unspecified atom stereocenters. The van der Waals surface area contributed by atoms with Gasteiger partial charge in [0.25, 0.3) is 0 Å². The highest BCUT2D eigenvalue weighted by atomic mass is 16.5. The molecule has 0 aromatic rings. The van der Waals surface area contributed by atoms with Crippen LogP contribution in [0.2, 0.25) is 0 Å². The molecule has 0 aliphatic heterocycles. The van der Waals surface area contributed by atoms with Crippen molar-refractivity contribution in [2.75, 3.05) is 26.3 Å². The highest BCUT2D eigenvalue weighted by molar-refractivity contribution is 5.91. The van der Waals surface area contributed by atoms with E-state index < -0.39 is 0 Å². The third kappa shape index (κ3) is 14.3. The summed E-state index contributed by atoms with van der Waals surface area (Å²) < 4.78 is 11.9. The molecule has 6 heteroatoms. The van der Waals surface area contributed by atoms with Crippen LogP contribution in [0.4, 0.5) is 0 Å². The fraction of sp³-hybridized carbons (Fsp3) is 0.810. The van der Waals surface area contributed by atoms with Gasteiger partial charge in [-0.25, -0.2) is 0 Å². The van der Waals surface area contributed by atoms with E-state index in [1.165, 1.54) is 0 Å². The number of rotatable bonds is 15. The lowest BCUT2D eigenvalue weighted by molar-refractivity contribution is -0.121. The van der Waals surface area contributed by atoms with E-state index in [2.05, 4.69) is 44.9 Å². The molecule has 27 heavy (non-hydrogen) atoms. The van der Waals surface area contributed by atoms with E-state index >= 15 is 0 Å². The topological polar surface area (TPSA) is 76.7 Å². The number of nitrogens with one attached hydrogen (secondary N) is 2. The molecule has 2 N–H and O–H groups in total. The van der Waals surface area contributed by atoms with Gasteiger partial charge in [-0.05, 0) is 60.3 Å². The highest BCUT2D eigenvalue weighted by Crippen LogP contribution is 2.20. The second kappa shape index (κ2) is 12.9. The van der Waals surface area contributed by atoms with E-state index in [1.807, 2.05) is 6.92 Å². The van der Waals surface area contributed by atoms with Crippen molar-refractivity contribution >= 4 is 11.8 Å². The normalized spacial score (nSPS) is 11.9. The average Bonchev–Trinajstić information content (AvgIpc) is 2.57. The molecule has 0 atom stereocenters. The van der Waals surface area contributed by atoms with Crippen LogP contribution in [0.1, 0.15) is 73.6 Å². The van der Waals surface area contributed by atoms with Crippen LogP contribution in [0.5, 0.6) is 0 Å². The molecule has 0 saturated carbocycles. The number of hydrogen-bond donors (Lipinski definition) is 2. The van der Waals surface area contributed by atoms with Crippen LogP contribution in [-0.4, -0.2) is 49.3 Å². The molecule has 0 aromatic heterocycles. The Morgan fingerprint density at radius 2 is 1.44 bits per heavy atom. The minimum absolute atomic E-state index is 0.0732. The monoisotopic (exact) mass is 384 g/mol. The molecule has 0 spiro atoms. The Labute approximate surface area is 165 Å². The molecule has 2 amide bonds. The summed E-state index contributed by atoms with van der Waals surface area (Å²) in [5.74, 6) is -0.0223. The van der Waals surface area contributed by atoms with Crippen molar-refractivity contribution in [2.45, 2.75) is 84.8 Å². The summed E-state index contributed by atoms with van der Waals surface area (Å²) in [7, 11) is 0. The van der Waals surface area contributed by atoms with Crippen molar-refractivity contribution in [1.29, 1.82) is 0 Å². The minimum Gasteiger partial charge on any atom is -0.375 e. The van der Waals surface area contributed by atoms with Crippen LogP contribution >= 0.6 is 0 Å². The third-order valence-corrected chi connectivity index (χ3v) is 4.28. The molecule has 0 aromatic carbocycles. The van der Waals surface area contributed by atoms with Gasteiger partial charge < -0.3 is 20.1 Å². The van der Waals surface area contributed by atoms with E-state index in [9.17, 15) is 9.59 Å². The Balaban J connectivity index is 3.90. The summed E-state index contributed by atoms with van der Waals surface area (Å²) >= 11 is 0. The van der Waals surface area contributed by atoms with Gasteiger partial charge in [-0.3, -0.25) is 9.59 Å². The van der Waals surface area contributed by atoms with E-state index in [0.29, 0.717) is 38.3 Å². The van der Waals surface area contributed by atoms with E-state index in [-0.39, 0.29) is 23.0 Å². The van der Waals surface area contributed by atoms with Gasteiger partial charge in [0, 0.05) is 31.7 Å². The SMILES string of the molecule is C=C(C)C(=O)NCCCC(C)(C)OCCC(C)(C)OCCCNC(=O)CC. The molecule has 0 aliphatic carbocycles. The summed E-state index contributed by atoms with van der Waals surface area (Å²) in [6.07, 6.45) is 3.83. The van der Waals surface area contributed by atoms with Gasteiger partial charge in [-0.1, -0.05) is 13.5 Å². The lowest BCUT2D eigenvalue weighted by atomic mass is 10.0. The van der Waals surface area contributed by atoms with Crippen molar-refractivity contribution in [2.24, 2.45) is 0 Å². The van der Waals surface area contributed by atoms with Gasteiger partial charge >= 0.3 is 0 Å². The fourth-order valence-electron chi connectivity index (χ4n) is 2.36. The van der Waals surface area contributed by atoms with Crippen molar-refractivity contribution in [3.63, 3.8) is 0 Å².